The molecular weight excluding hydrogens is 252 g/mol. The maximum Gasteiger partial charge on any atom is 0.269 e. The van der Waals surface area contributed by atoms with Gasteiger partial charge in [-0.25, -0.2) is 0 Å². The minimum atomic E-state index is -0.0674. The van der Waals surface area contributed by atoms with Gasteiger partial charge in [0.25, 0.3) is 5.91 Å². The van der Waals surface area contributed by atoms with Crippen LogP contribution in [0.25, 0.3) is 0 Å². The van der Waals surface area contributed by atoms with Gasteiger partial charge in [-0.15, -0.1) is 0 Å². The molecule has 20 heavy (non-hydrogen) atoms. The summed E-state index contributed by atoms with van der Waals surface area (Å²) in [4.78, 5) is 12.1. The topological polar surface area (TPSA) is 51.9 Å². The van der Waals surface area contributed by atoms with Gasteiger partial charge in [-0.05, 0) is 30.5 Å². The molecule has 0 aromatic carbocycles. The maximum atomic E-state index is 12.1. The van der Waals surface area contributed by atoms with E-state index in [9.17, 15) is 4.79 Å². The first-order chi connectivity index (χ1) is 9.56. The monoisotopic (exact) mass is 274 g/mol. The standard InChI is InChI=1S/C15H22N4O/c1-12(2)10-13-11-14(18(3)17-13)15(20)16-6-9-19-7-4-5-8-19/h4-5,7-8,11-12H,6,9-10H2,1-3H3,(H,16,20). The molecule has 0 saturated carbocycles. The first-order valence-electron chi connectivity index (χ1n) is 6.98. The van der Waals surface area contributed by atoms with Crippen molar-refractivity contribution in [3.63, 3.8) is 0 Å². The fourth-order valence-electron chi connectivity index (χ4n) is 2.17. The third-order valence-corrected chi connectivity index (χ3v) is 3.10. The number of rotatable bonds is 6. The van der Waals surface area contributed by atoms with Gasteiger partial charge in [-0.2, -0.15) is 5.10 Å². The van der Waals surface area contributed by atoms with E-state index in [2.05, 4.69) is 24.3 Å². The first-order valence-corrected chi connectivity index (χ1v) is 6.98. The number of amides is 1. The molecule has 0 radical (unpaired) electrons. The quantitative estimate of drug-likeness (QED) is 0.874. The van der Waals surface area contributed by atoms with Crippen LogP contribution in [-0.2, 0) is 20.0 Å². The molecule has 0 fully saturated rings. The van der Waals surface area contributed by atoms with Gasteiger partial charge < -0.3 is 9.88 Å². The molecule has 0 bridgehead atoms. The number of hydrogen-bond acceptors (Lipinski definition) is 2. The van der Waals surface area contributed by atoms with Crippen molar-refractivity contribution in [3.8, 4) is 0 Å². The second-order valence-electron chi connectivity index (χ2n) is 5.42. The van der Waals surface area contributed by atoms with Crippen LogP contribution in [0.3, 0.4) is 0 Å². The van der Waals surface area contributed by atoms with Crippen LogP contribution in [-0.4, -0.2) is 26.8 Å². The van der Waals surface area contributed by atoms with Crippen molar-refractivity contribution in [3.05, 3.63) is 42.0 Å². The number of nitrogens with one attached hydrogen (secondary N) is 1. The van der Waals surface area contributed by atoms with Crippen LogP contribution in [0.5, 0.6) is 0 Å². The lowest BCUT2D eigenvalue weighted by Gasteiger charge is -2.06. The second-order valence-corrected chi connectivity index (χ2v) is 5.42. The van der Waals surface area contributed by atoms with Gasteiger partial charge in [0.2, 0.25) is 0 Å². The van der Waals surface area contributed by atoms with E-state index in [0.29, 0.717) is 18.2 Å². The van der Waals surface area contributed by atoms with E-state index in [1.807, 2.05) is 42.2 Å². The van der Waals surface area contributed by atoms with Crippen molar-refractivity contribution >= 4 is 5.91 Å². The Balaban J connectivity index is 1.90. The van der Waals surface area contributed by atoms with Gasteiger partial charge in [0.1, 0.15) is 5.69 Å². The van der Waals surface area contributed by atoms with Gasteiger partial charge in [0.15, 0.2) is 0 Å². The van der Waals surface area contributed by atoms with Crippen LogP contribution in [0.15, 0.2) is 30.6 Å². The van der Waals surface area contributed by atoms with E-state index in [4.69, 9.17) is 0 Å². The summed E-state index contributed by atoms with van der Waals surface area (Å²) in [7, 11) is 1.81. The van der Waals surface area contributed by atoms with Crippen molar-refractivity contribution in [2.24, 2.45) is 13.0 Å². The average Bonchev–Trinajstić information content (AvgIpc) is 2.98. The summed E-state index contributed by atoms with van der Waals surface area (Å²) in [5, 5.41) is 7.30. The highest BCUT2D eigenvalue weighted by molar-refractivity contribution is 5.92. The molecule has 1 amide bonds. The molecule has 2 rings (SSSR count). The normalized spacial score (nSPS) is 11.0. The van der Waals surface area contributed by atoms with Crippen molar-refractivity contribution in [1.29, 1.82) is 0 Å². The number of carbonyl (C=O) groups is 1. The number of nitrogens with zero attached hydrogens (tertiary/aromatic N) is 3. The summed E-state index contributed by atoms with van der Waals surface area (Å²) >= 11 is 0. The minimum absolute atomic E-state index is 0.0674. The van der Waals surface area contributed by atoms with Crippen molar-refractivity contribution in [2.75, 3.05) is 6.54 Å². The van der Waals surface area contributed by atoms with Crippen LogP contribution >= 0.6 is 0 Å². The molecule has 0 spiro atoms. The number of carbonyl (C=O) groups excluding carboxylic acids is 1. The molecular formula is C15H22N4O. The summed E-state index contributed by atoms with van der Waals surface area (Å²) in [5.41, 5.74) is 1.59. The molecule has 2 aromatic rings. The summed E-state index contributed by atoms with van der Waals surface area (Å²) in [6, 6.07) is 5.83. The fourth-order valence-corrected chi connectivity index (χ4v) is 2.17. The summed E-state index contributed by atoms with van der Waals surface area (Å²) in [6.45, 7) is 5.67. The molecule has 2 heterocycles. The second kappa shape index (κ2) is 6.41. The van der Waals surface area contributed by atoms with E-state index >= 15 is 0 Å². The van der Waals surface area contributed by atoms with Crippen LogP contribution in [0.1, 0.15) is 30.0 Å². The van der Waals surface area contributed by atoms with Gasteiger partial charge in [-0.1, -0.05) is 13.8 Å². The number of aromatic nitrogens is 3. The Bertz CT molecular complexity index is 554. The van der Waals surface area contributed by atoms with E-state index in [1.165, 1.54) is 0 Å². The van der Waals surface area contributed by atoms with Gasteiger partial charge in [0.05, 0.1) is 5.69 Å². The van der Waals surface area contributed by atoms with Gasteiger partial charge in [-0.3, -0.25) is 9.48 Å². The molecule has 5 nitrogen and oxygen atoms in total. The molecule has 5 heteroatoms. The van der Waals surface area contributed by atoms with Crippen molar-refractivity contribution in [2.45, 2.75) is 26.8 Å². The predicted molar refractivity (Wildman–Crippen MR) is 78.5 cm³/mol. The Hall–Kier alpha value is -2.04. The average molecular weight is 274 g/mol. The summed E-state index contributed by atoms with van der Waals surface area (Å²) in [5.74, 6) is 0.469. The van der Waals surface area contributed by atoms with E-state index in [0.717, 1.165) is 18.7 Å². The number of aryl methyl sites for hydroxylation is 1. The zero-order valence-corrected chi connectivity index (χ0v) is 12.3. The summed E-state index contributed by atoms with van der Waals surface area (Å²) < 4.78 is 3.69. The smallest absolute Gasteiger partial charge is 0.269 e. The molecule has 0 aliphatic carbocycles. The van der Waals surface area contributed by atoms with E-state index in [-0.39, 0.29) is 5.91 Å². The van der Waals surface area contributed by atoms with Crippen LogP contribution in [0.4, 0.5) is 0 Å². The van der Waals surface area contributed by atoms with Gasteiger partial charge in [0, 0.05) is 32.5 Å². The zero-order chi connectivity index (χ0) is 14.5. The Kier molecular flexibility index (Phi) is 4.61. The lowest BCUT2D eigenvalue weighted by atomic mass is 10.1. The Labute approximate surface area is 119 Å². The Morgan fingerprint density at radius 3 is 2.70 bits per heavy atom. The van der Waals surface area contributed by atoms with Gasteiger partial charge >= 0.3 is 0 Å². The van der Waals surface area contributed by atoms with Crippen LogP contribution < -0.4 is 5.32 Å². The molecule has 0 atom stereocenters. The third-order valence-electron chi connectivity index (χ3n) is 3.10. The molecule has 1 N–H and O–H groups in total. The lowest BCUT2D eigenvalue weighted by molar-refractivity contribution is 0.0943. The SMILES string of the molecule is CC(C)Cc1cc(C(=O)NCCn2cccc2)n(C)n1. The highest BCUT2D eigenvalue weighted by atomic mass is 16.2. The lowest BCUT2D eigenvalue weighted by Crippen LogP contribution is -2.28. The molecule has 2 aromatic heterocycles. The zero-order valence-electron chi connectivity index (χ0n) is 12.3. The van der Waals surface area contributed by atoms with Crippen LogP contribution in [0, 0.1) is 5.92 Å². The largest absolute Gasteiger partial charge is 0.353 e. The highest BCUT2D eigenvalue weighted by Crippen LogP contribution is 2.08. The third kappa shape index (κ3) is 3.73. The minimum Gasteiger partial charge on any atom is -0.353 e. The molecule has 0 saturated heterocycles. The fraction of sp³-hybridized carbons (Fsp3) is 0.467. The number of hydrogen-bond donors (Lipinski definition) is 1. The summed E-state index contributed by atoms with van der Waals surface area (Å²) in [6.07, 6.45) is 4.86. The first kappa shape index (κ1) is 14.4. The molecule has 108 valence electrons. The Morgan fingerprint density at radius 2 is 2.05 bits per heavy atom. The van der Waals surface area contributed by atoms with E-state index in [1.54, 1.807) is 4.68 Å². The highest BCUT2D eigenvalue weighted by Gasteiger charge is 2.13. The Morgan fingerprint density at radius 1 is 1.35 bits per heavy atom. The molecule has 0 aliphatic rings. The molecule has 0 unspecified atom stereocenters. The maximum absolute atomic E-state index is 12.1. The predicted octanol–water partition coefficient (Wildman–Crippen LogP) is 1.85. The van der Waals surface area contributed by atoms with Crippen molar-refractivity contribution in [1.82, 2.24) is 19.7 Å². The van der Waals surface area contributed by atoms with E-state index < -0.39 is 0 Å². The van der Waals surface area contributed by atoms with Crippen molar-refractivity contribution < 1.29 is 4.79 Å². The van der Waals surface area contributed by atoms with Crippen LogP contribution in [0.2, 0.25) is 0 Å². The molecule has 0 aliphatic heterocycles.